The van der Waals surface area contributed by atoms with Crippen LogP contribution in [0.5, 0.6) is 11.5 Å². The number of aliphatic carboxylic acids is 1. The maximum atomic E-state index is 12.3. The number of carboxylic acid groups (broad SMARTS) is 1. The van der Waals surface area contributed by atoms with Crippen molar-refractivity contribution in [1.29, 1.82) is 0 Å². The number of anilines is 1. The predicted molar refractivity (Wildman–Crippen MR) is 108 cm³/mol. The highest BCUT2D eigenvalue weighted by atomic mass is 16.5. The number of nitrogens with zero attached hydrogens (tertiary/aromatic N) is 1. The summed E-state index contributed by atoms with van der Waals surface area (Å²) in [6, 6.07) is 15.3. The Kier molecular flexibility index (Phi) is 6.41. The molecule has 28 heavy (non-hydrogen) atoms. The van der Waals surface area contributed by atoms with Crippen LogP contribution < -0.4 is 14.4 Å². The third-order valence-electron chi connectivity index (χ3n) is 5.40. The van der Waals surface area contributed by atoms with Crippen molar-refractivity contribution in [2.75, 3.05) is 45.4 Å². The lowest BCUT2D eigenvalue weighted by atomic mass is 9.72. The number of piperidine rings is 1. The lowest BCUT2D eigenvalue weighted by Crippen LogP contribution is -2.47. The zero-order valence-electron chi connectivity index (χ0n) is 16.4. The zero-order chi connectivity index (χ0) is 20.0. The monoisotopic (exact) mass is 385 g/mol. The Labute approximate surface area is 165 Å². The van der Waals surface area contributed by atoms with Gasteiger partial charge in [0.2, 0.25) is 0 Å². The van der Waals surface area contributed by atoms with Gasteiger partial charge in [0.15, 0.2) is 0 Å². The van der Waals surface area contributed by atoms with Crippen molar-refractivity contribution >= 4 is 11.7 Å². The summed E-state index contributed by atoms with van der Waals surface area (Å²) in [6.45, 7) is 2.26. The van der Waals surface area contributed by atoms with E-state index in [1.807, 2.05) is 48.5 Å². The molecule has 1 aliphatic heterocycles. The van der Waals surface area contributed by atoms with Crippen LogP contribution in [0, 0.1) is 0 Å². The first-order valence-electron chi connectivity index (χ1n) is 9.44. The van der Waals surface area contributed by atoms with Gasteiger partial charge >= 0.3 is 5.97 Å². The Morgan fingerprint density at radius 1 is 1.07 bits per heavy atom. The van der Waals surface area contributed by atoms with Gasteiger partial charge in [0.1, 0.15) is 18.1 Å². The van der Waals surface area contributed by atoms with Crippen molar-refractivity contribution in [3.05, 3.63) is 54.1 Å². The molecule has 0 aliphatic carbocycles. The molecule has 6 heteroatoms. The van der Waals surface area contributed by atoms with E-state index in [0.717, 1.165) is 17.0 Å². The molecule has 2 aromatic carbocycles. The molecule has 0 radical (unpaired) electrons. The third kappa shape index (κ3) is 4.07. The number of benzene rings is 2. The van der Waals surface area contributed by atoms with Crippen LogP contribution in [0.1, 0.15) is 18.4 Å². The molecule has 0 atom stereocenters. The molecule has 1 saturated heterocycles. The first-order chi connectivity index (χ1) is 13.6. The summed E-state index contributed by atoms with van der Waals surface area (Å²) >= 11 is 0. The SMILES string of the molecule is COCCOc1ccccc1N1CCC(C(=O)O)(c2cccc(OC)c2)CC1. The van der Waals surface area contributed by atoms with E-state index in [2.05, 4.69) is 4.90 Å². The predicted octanol–water partition coefficient (Wildman–Crippen LogP) is 3.34. The largest absolute Gasteiger partial charge is 0.497 e. The van der Waals surface area contributed by atoms with Crippen LogP contribution in [0.2, 0.25) is 0 Å². The van der Waals surface area contributed by atoms with Crippen LogP contribution in [-0.2, 0) is 14.9 Å². The van der Waals surface area contributed by atoms with Gasteiger partial charge in [-0.3, -0.25) is 4.79 Å². The lowest BCUT2D eigenvalue weighted by molar-refractivity contribution is -0.144. The van der Waals surface area contributed by atoms with Crippen molar-refractivity contribution in [3.8, 4) is 11.5 Å². The topological polar surface area (TPSA) is 68.2 Å². The van der Waals surface area contributed by atoms with Gasteiger partial charge in [-0.25, -0.2) is 0 Å². The average molecular weight is 385 g/mol. The second kappa shape index (κ2) is 8.97. The van der Waals surface area contributed by atoms with Gasteiger partial charge in [-0.1, -0.05) is 24.3 Å². The highest BCUT2D eigenvalue weighted by Crippen LogP contribution is 2.40. The molecule has 3 rings (SSSR count). The Hall–Kier alpha value is -2.73. The molecule has 6 nitrogen and oxygen atoms in total. The summed E-state index contributed by atoms with van der Waals surface area (Å²) < 4.78 is 16.2. The first kappa shape index (κ1) is 20.0. The molecule has 0 amide bonds. The van der Waals surface area contributed by atoms with E-state index >= 15 is 0 Å². The van der Waals surface area contributed by atoms with Crippen molar-refractivity contribution in [1.82, 2.24) is 0 Å². The second-order valence-electron chi connectivity index (χ2n) is 6.92. The number of para-hydroxylation sites is 2. The minimum absolute atomic E-state index is 0.476. The summed E-state index contributed by atoms with van der Waals surface area (Å²) in [6.07, 6.45) is 1.03. The molecular formula is C22H27NO5. The van der Waals surface area contributed by atoms with Gasteiger partial charge in [-0.05, 0) is 42.7 Å². The van der Waals surface area contributed by atoms with E-state index in [-0.39, 0.29) is 0 Å². The maximum Gasteiger partial charge on any atom is 0.314 e. The quantitative estimate of drug-likeness (QED) is 0.703. The molecule has 0 spiro atoms. The fourth-order valence-corrected chi connectivity index (χ4v) is 3.75. The van der Waals surface area contributed by atoms with Crippen LogP contribution in [0.4, 0.5) is 5.69 Å². The normalized spacial score (nSPS) is 15.9. The Bertz CT molecular complexity index is 799. The third-order valence-corrected chi connectivity index (χ3v) is 5.40. The zero-order valence-corrected chi connectivity index (χ0v) is 16.4. The van der Waals surface area contributed by atoms with Crippen LogP contribution in [-0.4, -0.2) is 51.6 Å². The van der Waals surface area contributed by atoms with Gasteiger partial charge in [0.25, 0.3) is 0 Å². The Balaban J connectivity index is 1.79. The van der Waals surface area contributed by atoms with E-state index < -0.39 is 11.4 Å². The van der Waals surface area contributed by atoms with Crippen LogP contribution in [0.15, 0.2) is 48.5 Å². The summed E-state index contributed by atoms with van der Waals surface area (Å²) in [5.41, 5.74) is 0.878. The van der Waals surface area contributed by atoms with Gasteiger partial charge in [0, 0.05) is 20.2 Å². The molecule has 2 aromatic rings. The molecule has 150 valence electrons. The molecule has 0 saturated carbocycles. The molecule has 0 aromatic heterocycles. The molecule has 0 unspecified atom stereocenters. The summed E-state index contributed by atoms with van der Waals surface area (Å²) in [5, 5.41) is 10.1. The maximum absolute atomic E-state index is 12.3. The number of carboxylic acids is 1. The van der Waals surface area contributed by atoms with Crippen LogP contribution in [0.3, 0.4) is 0 Å². The van der Waals surface area contributed by atoms with Gasteiger partial charge in [-0.15, -0.1) is 0 Å². The Morgan fingerprint density at radius 3 is 2.50 bits per heavy atom. The van der Waals surface area contributed by atoms with E-state index in [1.54, 1.807) is 14.2 Å². The number of carbonyl (C=O) groups is 1. The fourth-order valence-electron chi connectivity index (χ4n) is 3.75. The van der Waals surface area contributed by atoms with Gasteiger partial charge in [0.05, 0.1) is 24.8 Å². The minimum Gasteiger partial charge on any atom is -0.497 e. The fraction of sp³-hybridized carbons (Fsp3) is 0.409. The first-order valence-corrected chi connectivity index (χ1v) is 9.44. The van der Waals surface area contributed by atoms with Gasteiger partial charge in [-0.2, -0.15) is 0 Å². The highest BCUT2D eigenvalue weighted by molar-refractivity contribution is 5.82. The highest BCUT2D eigenvalue weighted by Gasteiger charge is 2.43. The van der Waals surface area contributed by atoms with Crippen molar-refractivity contribution in [3.63, 3.8) is 0 Å². The number of methoxy groups -OCH3 is 2. The number of hydrogen-bond donors (Lipinski definition) is 1. The van der Waals surface area contributed by atoms with Gasteiger partial charge < -0.3 is 24.2 Å². The van der Waals surface area contributed by atoms with Crippen molar-refractivity contribution in [2.24, 2.45) is 0 Å². The number of ether oxygens (including phenoxy) is 3. The lowest BCUT2D eigenvalue weighted by Gasteiger charge is -2.40. The molecule has 1 aliphatic rings. The van der Waals surface area contributed by atoms with E-state index in [9.17, 15) is 9.90 Å². The van der Waals surface area contributed by atoms with E-state index in [0.29, 0.717) is 44.9 Å². The minimum atomic E-state index is -0.906. The second-order valence-corrected chi connectivity index (χ2v) is 6.92. The average Bonchev–Trinajstić information content (AvgIpc) is 2.74. The van der Waals surface area contributed by atoms with Crippen molar-refractivity contribution < 1.29 is 24.1 Å². The molecule has 1 fully saturated rings. The van der Waals surface area contributed by atoms with Crippen LogP contribution >= 0.6 is 0 Å². The molecule has 0 bridgehead atoms. The van der Waals surface area contributed by atoms with Crippen molar-refractivity contribution in [2.45, 2.75) is 18.3 Å². The summed E-state index contributed by atoms with van der Waals surface area (Å²) in [7, 11) is 3.24. The molecule has 1 heterocycles. The standard InChI is InChI=1S/C22H27NO5/c1-26-14-15-28-20-9-4-3-8-19(20)23-12-10-22(11-13-23,21(24)25)17-6-5-7-18(16-17)27-2/h3-9,16H,10-15H2,1-2H3,(H,24,25). The van der Waals surface area contributed by atoms with Crippen LogP contribution in [0.25, 0.3) is 0 Å². The molecular weight excluding hydrogens is 358 g/mol. The summed E-state index contributed by atoms with van der Waals surface area (Å²) in [4.78, 5) is 14.5. The van der Waals surface area contributed by atoms with E-state index in [1.165, 1.54) is 0 Å². The number of hydrogen-bond acceptors (Lipinski definition) is 5. The molecule has 1 N–H and O–H groups in total. The Morgan fingerprint density at radius 2 is 1.82 bits per heavy atom. The number of rotatable bonds is 8. The van der Waals surface area contributed by atoms with E-state index in [4.69, 9.17) is 14.2 Å². The summed E-state index contributed by atoms with van der Waals surface area (Å²) in [5.74, 6) is 0.686. The smallest absolute Gasteiger partial charge is 0.314 e.